The molecule has 0 saturated carbocycles. The maximum Gasteiger partial charge on any atom is 0.322 e. The van der Waals surface area contributed by atoms with Gasteiger partial charge in [0.1, 0.15) is 0 Å². The normalized spacial score (nSPS) is 14.5. The van der Waals surface area contributed by atoms with E-state index in [-0.39, 0.29) is 6.03 Å². The summed E-state index contributed by atoms with van der Waals surface area (Å²) in [7, 11) is 4.60. The number of hydrogen-bond acceptors (Lipinski definition) is 5. The maximum absolute atomic E-state index is 12.2. The van der Waals surface area contributed by atoms with E-state index in [2.05, 4.69) is 5.32 Å². The first-order valence-electron chi connectivity index (χ1n) is 6.63. The molecule has 1 fully saturated rings. The van der Waals surface area contributed by atoms with E-state index < -0.39 is 0 Å². The highest BCUT2D eigenvalue weighted by molar-refractivity contribution is 5.90. The summed E-state index contributed by atoms with van der Waals surface area (Å²) >= 11 is 0. The number of urea groups is 1. The molecule has 2 rings (SSSR count). The van der Waals surface area contributed by atoms with Crippen molar-refractivity contribution in [3.8, 4) is 17.2 Å². The minimum Gasteiger partial charge on any atom is -0.493 e. The predicted molar refractivity (Wildman–Crippen MR) is 77.5 cm³/mol. The lowest BCUT2D eigenvalue weighted by Crippen LogP contribution is -2.43. The van der Waals surface area contributed by atoms with E-state index in [0.29, 0.717) is 49.2 Å². The number of anilines is 1. The number of benzene rings is 1. The Morgan fingerprint density at radius 3 is 2.14 bits per heavy atom. The van der Waals surface area contributed by atoms with E-state index >= 15 is 0 Å². The summed E-state index contributed by atoms with van der Waals surface area (Å²) in [6, 6.07) is 3.21. The van der Waals surface area contributed by atoms with Crippen LogP contribution < -0.4 is 19.5 Å². The van der Waals surface area contributed by atoms with Gasteiger partial charge in [-0.3, -0.25) is 0 Å². The number of hydrogen-bond donors (Lipinski definition) is 1. The van der Waals surface area contributed by atoms with Gasteiger partial charge < -0.3 is 29.2 Å². The van der Waals surface area contributed by atoms with Crippen LogP contribution in [0.25, 0.3) is 0 Å². The number of nitrogens with zero attached hydrogens (tertiary/aromatic N) is 1. The summed E-state index contributed by atoms with van der Waals surface area (Å²) in [5, 5.41) is 2.83. The van der Waals surface area contributed by atoms with Crippen LogP contribution in [0.3, 0.4) is 0 Å². The van der Waals surface area contributed by atoms with E-state index in [1.54, 1.807) is 17.0 Å². The molecule has 116 valence electrons. The summed E-state index contributed by atoms with van der Waals surface area (Å²) in [5.74, 6) is 1.48. The van der Waals surface area contributed by atoms with Crippen molar-refractivity contribution in [2.24, 2.45) is 0 Å². The van der Waals surface area contributed by atoms with Gasteiger partial charge >= 0.3 is 6.03 Å². The van der Waals surface area contributed by atoms with Crippen LogP contribution in [0.4, 0.5) is 10.5 Å². The number of carbonyl (C=O) groups excluding carboxylic acids is 1. The molecule has 1 saturated heterocycles. The molecule has 1 N–H and O–H groups in total. The van der Waals surface area contributed by atoms with Crippen molar-refractivity contribution in [1.29, 1.82) is 0 Å². The van der Waals surface area contributed by atoms with Gasteiger partial charge in [-0.2, -0.15) is 0 Å². The molecular formula is C14H20N2O5. The van der Waals surface area contributed by atoms with E-state index in [1.807, 2.05) is 0 Å². The van der Waals surface area contributed by atoms with Crippen LogP contribution in [-0.4, -0.2) is 58.6 Å². The Kier molecular flexibility index (Phi) is 5.10. The van der Waals surface area contributed by atoms with Gasteiger partial charge in [-0.1, -0.05) is 0 Å². The van der Waals surface area contributed by atoms with E-state index in [1.165, 1.54) is 21.3 Å². The highest BCUT2D eigenvalue weighted by Crippen LogP contribution is 2.39. The average molecular weight is 296 g/mol. The van der Waals surface area contributed by atoms with Crippen molar-refractivity contribution < 1.29 is 23.7 Å². The van der Waals surface area contributed by atoms with Gasteiger partial charge in [0.05, 0.1) is 40.2 Å². The Bertz CT molecular complexity index is 475. The summed E-state index contributed by atoms with van der Waals surface area (Å²) in [6.07, 6.45) is 0. The molecule has 0 spiro atoms. The molecule has 1 aliphatic rings. The molecule has 1 aliphatic heterocycles. The van der Waals surface area contributed by atoms with E-state index in [9.17, 15) is 4.79 Å². The van der Waals surface area contributed by atoms with Crippen molar-refractivity contribution in [2.45, 2.75) is 0 Å². The van der Waals surface area contributed by atoms with Gasteiger partial charge in [0.2, 0.25) is 5.75 Å². The highest BCUT2D eigenvalue weighted by Gasteiger charge is 2.19. The van der Waals surface area contributed by atoms with Crippen molar-refractivity contribution in [3.05, 3.63) is 12.1 Å². The molecule has 7 heteroatoms. The molecule has 0 bridgehead atoms. The van der Waals surface area contributed by atoms with Gasteiger partial charge in [0.15, 0.2) is 11.5 Å². The molecule has 0 aromatic heterocycles. The molecule has 0 aliphatic carbocycles. The molecule has 21 heavy (non-hydrogen) atoms. The molecule has 2 amide bonds. The number of amides is 2. The predicted octanol–water partition coefficient (Wildman–Crippen LogP) is 1.58. The van der Waals surface area contributed by atoms with Crippen LogP contribution in [0.1, 0.15) is 0 Å². The zero-order chi connectivity index (χ0) is 15.2. The zero-order valence-electron chi connectivity index (χ0n) is 12.5. The van der Waals surface area contributed by atoms with Crippen molar-refractivity contribution in [3.63, 3.8) is 0 Å². The number of methoxy groups -OCH3 is 3. The third-order valence-corrected chi connectivity index (χ3v) is 3.21. The molecule has 1 aromatic rings. The summed E-state index contributed by atoms with van der Waals surface area (Å²) in [5.41, 5.74) is 0.584. The summed E-state index contributed by atoms with van der Waals surface area (Å²) in [6.45, 7) is 2.28. The number of rotatable bonds is 4. The van der Waals surface area contributed by atoms with E-state index in [0.717, 1.165) is 0 Å². The second-order valence-corrected chi connectivity index (χ2v) is 4.44. The Labute approximate surface area is 123 Å². The molecule has 7 nitrogen and oxygen atoms in total. The van der Waals surface area contributed by atoms with Crippen molar-refractivity contribution in [2.75, 3.05) is 52.9 Å². The standard InChI is InChI=1S/C14H20N2O5/c1-18-11-8-10(9-12(19-2)13(11)20-3)15-14(17)16-4-6-21-7-5-16/h8-9H,4-7H2,1-3H3,(H,15,17). The lowest BCUT2D eigenvalue weighted by Gasteiger charge is -2.27. The summed E-state index contributed by atoms with van der Waals surface area (Å²) in [4.78, 5) is 13.9. The number of nitrogens with one attached hydrogen (secondary N) is 1. The maximum atomic E-state index is 12.2. The van der Waals surface area contributed by atoms with E-state index in [4.69, 9.17) is 18.9 Å². The molecule has 1 aromatic carbocycles. The first-order valence-corrected chi connectivity index (χ1v) is 6.63. The highest BCUT2D eigenvalue weighted by atomic mass is 16.5. The van der Waals surface area contributed by atoms with Crippen molar-refractivity contribution >= 4 is 11.7 Å². The van der Waals surface area contributed by atoms with Crippen LogP contribution in [0.2, 0.25) is 0 Å². The number of morpholine rings is 1. The SMILES string of the molecule is COc1cc(NC(=O)N2CCOCC2)cc(OC)c1OC. The van der Waals surface area contributed by atoms with Crippen LogP contribution in [-0.2, 0) is 4.74 Å². The minimum atomic E-state index is -0.174. The van der Waals surface area contributed by atoms with Gasteiger partial charge in [0, 0.05) is 25.2 Å². The fourth-order valence-corrected chi connectivity index (χ4v) is 2.12. The topological polar surface area (TPSA) is 69.3 Å². The second-order valence-electron chi connectivity index (χ2n) is 4.44. The smallest absolute Gasteiger partial charge is 0.322 e. The fourth-order valence-electron chi connectivity index (χ4n) is 2.12. The van der Waals surface area contributed by atoms with Gasteiger partial charge in [0.25, 0.3) is 0 Å². The lowest BCUT2D eigenvalue weighted by molar-refractivity contribution is 0.0564. The monoisotopic (exact) mass is 296 g/mol. The molecular weight excluding hydrogens is 276 g/mol. The minimum absolute atomic E-state index is 0.174. The Hall–Kier alpha value is -2.15. The van der Waals surface area contributed by atoms with Crippen LogP contribution >= 0.6 is 0 Å². The third-order valence-electron chi connectivity index (χ3n) is 3.21. The van der Waals surface area contributed by atoms with Crippen LogP contribution in [0.15, 0.2) is 12.1 Å². The quantitative estimate of drug-likeness (QED) is 0.913. The van der Waals surface area contributed by atoms with Crippen molar-refractivity contribution in [1.82, 2.24) is 4.90 Å². The second kappa shape index (κ2) is 7.03. The first-order chi connectivity index (χ1) is 10.2. The molecule has 1 heterocycles. The number of carbonyl (C=O) groups is 1. The molecule has 0 radical (unpaired) electrons. The Morgan fingerprint density at radius 2 is 1.67 bits per heavy atom. The number of ether oxygens (including phenoxy) is 4. The lowest BCUT2D eigenvalue weighted by atomic mass is 10.2. The Balaban J connectivity index is 2.17. The summed E-state index contributed by atoms with van der Waals surface area (Å²) < 4.78 is 21.0. The van der Waals surface area contributed by atoms with Crippen LogP contribution in [0, 0.1) is 0 Å². The van der Waals surface area contributed by atoms with Gasteiger partial charge in [-0.25, -0.2) is 4.79 Å². The largest absolute Gasteiger partial charge is 0.493 e. The molecule has 0 unspecified atom stereocenters. The van der Waals surface area contributed by atoms with Gasteiger partial charge in [-0.15, -0.1) is 0 Å². The first kappa shape index (κ1) is 15.2. The zero-order valence-corrected chi connectivity index (χ0v) is 12.5. The molecule has 0 atom stereocenters. The Morgan fingerprint density at radius 1 is 1.10 bits per heavy atom. The average Bonchev–Trinajstić information content (AvgIpc) is 2.54. The fraction of sp³-hybridized carbons (Fsp3) is 0.500. The third kappa shape index (κ3) is 3.49. The van der Waals surface area contributed by atoms with Crippen LogP contribution in [0.5, 0.6) is 17.2 Å². The van der Waals surface area contributed by atoms with Gasteiger partial charge in [-0.05, 0) is 0 Å².